The maximum atomic E-state index is 12.6. The normalized spacial score (nSPS) is 12.9. The van der Waals surface area contributed by atoms with Gasteiger partial charge >= 0.3 is 0 Å². The molecule has 0 fully saturated rings. The van der Waals surface area contributed by atoms with E-state index in [0.29, 0.717) is 0 Å². The van der Waals surface area contributed by atoms with Gasteiger partial charge in [0.1, 0.15) is 5.92 Å². The maximum absolute atomic E-state index is 12.6. The molecule has 10 nitrogen and oxygen atoms in total. The summed E-state index contributed by atoms with van der Waals surface area (Å²) in [4.78, 5) is 28.3. The number of nitrogens with one attached hydrogen (secondary N) is 2. The number of Topliss-reactive ketones (excluding diaryl/α,β-unsaturated/α-hetero) is 2. The fraction of sp³-hybridized carbons (Fsp3) is 0.130. The maximum Gasteiger partial charge on any atom is 0.234 e. The Hall–Kier alpha value is -4.26. The van der Waals surface area contributed by atoms with Crippen LogP contribution in [0.4, 0.5) is 11.4 Å². The first-order valence-electron chi connectivity index (χ1n) is 9.73. The minimum absolute atomic E-state index is 0.149. The van der Waals surface area contributed by atoms with E-state index in [1.807, 2.05) is 6.07 Å². The standard InChI is InChI=1S/C23H20N4O6S2/c1-25-21(23(29)17-9-13-20(14-10-17)27-35(3,32)33)6-4-5-18(15-24)22(28)16-7-11-19(12-8-16)26-34(2,30)31/h4-14,18,26-27H,2-3H3. The lowest BCUT2D eigenvalue weighted by Gasteiger charge is -2.06. The van der Waals surface area contributed by atoms with Crippen LogP contribution in [0.25, 0.3) is 4.85 Å². The summed E-state index contributed by atoms with van der Waals surface area (Å²) >= 11 is 0. The van der Waals surface area contributed by atoms with Crippen molar-refractivity contribution in [2.75, 3.05) is 22.0 Å². The molecule has 0 aliphatic carbocycles. The molecule has 12 heteroatoms. The van der Waals surface area contributed by atoms with Crippen molar-refractivity contribution in [3.63, 3.8) is 0 Å². The molecule has 2 aromatic carbocycles. The largest absolute Gasteiger partial charge is 0.302 e. The van der Waals surface area contributed by atoms with Crippen LogP contribution in [-0.2, 0) is 20.0 Å². The second-order valence-corrected chi connectivity index (χ2v) is 10.7. The molecule has 0 bridgehead atoms. The Kier molecular flexibility index (Phi) is 8.67. The highest BCUT2D eigenvalue weighted by Crippen LogP contribution is 2.17. The highest BCUT2D eigenvalue weighted by molar-refractivity contribution is 7.92. The summed E-state index contributed by atoms with van der Waals surface area (Å²) in [6.45, 7) is 7.26. The number of nitriles is 1. The number of rotatable bonds is 10. The van der Waals surface area contributed by atoms with Crippen molar-refractivity contribution in [3.8, 4) is 6.07 Å². The van der Waals surface area contributed by atoms with Gasteiger partial charge in [-0.1, -0.05) is 30.4 Å². The van der Waals surface area contributed by atoms with E-state index in [1.165, 1.54) is 66.8 Å². The van der Waals surface area contributed by atoms with Crippen LogP contribution in [0, 0.1) is 23.8 Å². The predicted molar refractivity (Wildman–Crippen MR) is 131 cm³/mol. The van der Waals surface area contributed by atoms with Crippen molar-refractivity contribution in [2.24, 2.45) is 5.92 Å². The van der Waals surface area contributed by atoms with Crippen molar-refractivity contribution in [2.45, 2.75) is 0 Å². The molecule has 2 aromatic rings. The third-order valence-corrected chi connectivity index (χ3v) is 5.47. The van der Waals surface area contributed by atoms with E-state index in [4.69, 9.17) is 6.57 Å². The van der Waals surface area contributed by atoms with Gasteiger partial charge in [-0.2, -0.15) is 5.26 Å². The Morgan fingerprint density at radius 1 is 0.914 bits per heavy atom. The summed E-state index contributed by atoms with van der Waals surface area (Å²) in [6, 6.07) is 12.9. The molecule has 0 saturated carbocycles. The van der Waals surface area contributed by atoms with Gasteiger partial charge in [0, 0.05) is 22.5 Å². The number of nitrogens with zero attached hydrogens (tertiary/aromatic N) is 2. The minimum atomic E-state index is -3.48. The number of ketones is 2. The third kappa shape index (κ3) is 8.55. The first kappa shape index (κ1) is 27.0. The number of sulfonamides is 2. The number of benzene rings is 2. The molecular weight excluding hydrogens is 492 g/mol. The number of hydrogen-bond acceptors (Lipinski definition) is 7. The fourth-order valence-electron chi connectivity index (χ4n) is 2.76. The van der Waals surface area contributed by atoms with Gasteiger partial charge in [-0.15, -0.1) is 0 Å². The smallest absolute Gasteiger partial charge is 0.234 e. The van der Waals surface area contributed by atoms with Crippen molar-refractivity contribution in [1.29, 1.82) is 5.26 Å². The van der Waals surface area contributed by atoms with Crippen LogP contribution in [0.15, 0.2) is 72.5 Å². The lowest BCUT2D eigenvalue weighted by atomic mass is 9.98. The van der Waals surface area contributed by atoms with Crippen molar-refractivity contribution >= 4 is 43.0 Å². The van der Waals surface area contributed by atoms with Crippen LogP contribution >= 0.6 is 0 Å². The van der Waals surface area contributed by atoms with E-state index in [9.17, 15) is 31.7 Å². The first-order chi connectivity index (χ1) is 16.3. The van der Waals surface area contributed by atoms with Gasteiger partial charge in [0.05, 0.1) is 25.2 Å². The lowest BCUT2D eigenvalue weighted by molar-refractivity contribution is 0.0967. The topological polar surface area (TPSA) is 155 Å². The van der Waals surface area contributed by atoms with Crippen LogP contribution in [-0.4, -0.2) is 40.9 Å². The van der Waals surface area contributed by atoms with Gasteiger partial charge in [0.15, 0.2) is 11.6 Å². The molecule has 2 N–H and O–H groups in total. The third-order valence-electron chi connectivity index (χ3n) is 4.26. The number of allylic oxidation sites excluding steroid dienone is 4. The van der Waals surface area contributed by atoms with E-state index >= 15 is 0 Å². The van der Waals surface area contributed by atoms with Crippen LogP contribution < -0.4 is 9.44 Å². The van der Waals surface area contributed by atoms with E-state index in [1.54, 1.807) is 0 Å². The van der Waals surface area contributed by atoms with Crippen LogP contribution in [0.2, 0.25) is 0 Å². The molecule has 35 heavy (non-hydrogen) atoms. The van der Waals surface area contributed by atoms with Gasteiger partial charge in [0.2, 0.25) is 25.7 Å². The Labute approximate surface area is 203 Å². The van der Waals surface area contributed by atoms with Crippen molar-refractivity contribution in [3.05, 3.63) is 95.0 Å². The van der Waals surface area contributed by atoms with Crippen LogP contribution in [0.3, 0.4) is 0 Å². The molecule has 0 amide bonds. The molecule has 2 rings (SSSR count). The zero-order valence-corrected chi connectivity index (χ0v) is 20.2. The van der Waals surface area contributed by atoms with Crippen LogP contribution in [0.5, 0.6) is 0 Å². The zero-order valence-electron chi connectivity index (χ0n) is 18.6. The van der Waals surface area contributed by atoms with Gasteiger partial charge < -0.3 is 4.79 Å². The Morgan fingerprint density at radius 2 is 1.37 bits per heavy atom. The zero-order chi connectivity index (χ0) is 26.2. The molecule has 0 saturated heterocycles. The average Bonchev–Trinajstić information content (AvgIpc) is 2.77. The van der Waals surface area contributed by atoms with Crippen LogP contribution in [0.1, 0.15) is 20.7 Å². The van der Waals surface area contributed by atoms with Gasteiger partial charge in [-0.25, -0.2) is 21.7 Å². The summed E-state index contributed by atoms with van der Waals surface area (Å²) in [6.07, 6.45) is 5.65. The fourth-order valence-corrected chi connectivity index (χ4v) is 3.89. The molecule has 0 aliphatic rings. The summed E-state index contributed by atoms with van der Waals surface area (Å²) in [5.74, 6) is -2.37. The van der Waals surface area contributed by atoms with E-state index < -0.39 is 37.5 Å². The summed E-state index contributed by atoms with van der Waals surface area (Å²) < 4.78 is 49.6. The number of anilines is 2. The molecule has 0 spiro atoms. The van der Waals surface area contributed by atoms with Crippen molar-refractivity contribution in [1.82, 2.24) is 0 Å². The number of carbonyl (C=O) groups is 2. The summed E-state index contributed by atoms with van der Waals surface area (Å²) in [5.41, 5.74) is 0.568. The Morgan fingerprint density at radius 3 is 1.77 bits per heavy atom. The molecule has 0 radical (unpaired) electrons. The van der Waals surface area contributed by atoms with Gasteiger partial charge in [0.25, 0.3) is 0 Å². The van der Waals surface area contributed by atoms with E-state index in [0.717, 1.165) is 12.5 Å². The molecular formula is C23H20N4O6S2. The predicted octanol–water partition coefficient (Wildman–Crippen LogP) is 2.99. The van der Waals surface area contributed by atoms with E-state index in [-0.39, 0.29) is 28.2 Å². The second-order valence-electron chi connectivity index (χ2n) is 7.25. The second kappa shape index (κ2) is 11.2. The SMILES string of the molecule is [C-]#[N+]C(=CC=CC(C#N)C(=O)c1ccc(NS(C)(=O)=O)cc1)C(=O)c1ccc(NS(C)(=O)=O)cc1. The average molecular weight is 513 g/mol. The quantitative estimate of drug-likeness (QED) is 0.215. The first-order valence-corrected chi connectivity index (χ1v) is 13.5. The summed E-state index contributed by atoms with van der Waals surface area (Å²) in [5, 5.41) is 9.37. The minimum Gasteiger partial charge on any atom is -0.302 e. The Balaban J connectivity index is 2.15. The number of hydrogen-bond donors (Lipinski definition) is 2. The molecule has 0 aromatic heterocycles. The van der Waals surface area contributed by atoms with E-state index in [2.05, 4.69) is 14.3 Å². The molecule has 1 unspecified atom stereocenters. The highest BCUT2D eigenvalue weighted by atomic mass is 32.2. The molecule has 1 atom stereocenters. The molecule has 0 heterocycles. The Bertz CT molecular complexity index is 1480. The monoisotopic (exact) mass is 512 g/mol. The van der Waals surface area contributed by atoms with Gasteiger partial charge in [-0.3, -0.25) is 14.2 Å². The molecule has 0 aliphatic heterocycles. The molecule has 180 valence electrons. The number of carbonyl (C=O) groups excluding carboxylic acids is 2. The van der Waals surface area contributed by atoms with Crippen molar-refractivity contribution < 1.29 is 26.4 Å². The summed E-state index contributed by atoms with van der Waals surface area (Å²) in [7, 11) is -6.95. The highest BCUT2D eigenvalue weighted by Gasteiger charge is 2.17. The lowest BCUT2D eigenvalue weighted by Crippen LogP contribution is -2.12. The van der Waals surface area contributed by atoms with Gasteiger partial charge in [-0.05, 0) is 36.4 Å².